The summed E-state index contributed by atoms with van der Waals surface area (Å²) in [5.41, 5.74) is 2.22. The molecule has 0 bridgehead atoms. The topological polar surface area (TPSA) is 12.0 Å². The summed E-state index contributed by atoms with van der Waals surface area (Å²) in [5.74, 6) is 0. The Morgan fingerprint density at radius 1 is 1.38 bits per heavy atom. The second-order valence-corrected chi connectivity index (χ2v) is 3.49. The Morgan fingerprint density at radius 2 is 2.00 bits per heavy atom. The summed E-state index contributed by atoms with van der Waals surface area (Å²) >= 11 is 4.91. The molecule has 0 amide bonds. The number of rotatable bonds is 3. The highest BCUT2D eigenvalue weighted by molar-refractivity contribution is 7.80. The highest BCUT2D eigenvalue weighted by Gasteiger charge is 1.96. The quantitative estimate of drug-likeness (QED) is 0.737. The molecule has 1 aromatic rings. The van der Waals surface area contributed by atoms with Crippen LogP contribution in [0.25, 0.3) is 5.57 Å². The lowest BCUT2D eigenvalue weighted by Gasteiger charge is -2.06. The molecule has 0 atom stereocenters. The van der Waals surface area contributed by atoms with Crippen LogP contribution in [-0.2, 0) is 0 Å². The lowest BCUT2D eigenvalue weighted by molar-refractivity contribution is 1.07. The lowest BCUT2D eigenvalue weighted by atomic mass is 10.1. The van der Waals surface area contributed by atoms with Crippen LogP contribution >= 0.6 is 12.2 Å². The van der Waals surface area contributed by atoms with Crippen molar-refractivity contribution in [1.29, 1.82) is 0 Å². The van der Waals surface area contributed by atoms with Gasteiger partial charge in [-0.3, -0.25) is 0 Å². The van der Waals surface area contributed by atoms with Crippen LogP contribution in [-0.4, -0.2) is 11.5 Å². The molecule has 1 N–H and O–H groups in total. The summed E-state index contributed by atoms with van der Waals surface area (Å²) in [4.78, 5) is 0.803. The number of thiocarbonyl (C=S) groups is 1. The van der Waals surface area contributed by atoms with Gasteiger partial charge in [-0.15, -0.1) is 0 Å². The maximum Gasteiger partial charge on any atom is 0.0724 e. The Hall–Kier alpha value is -1.15. The maximum atomic E-state index is 4.91. The van der Waals surface area contributed by atoms with Crippen LogP contribution in [0, 0.1) is 0 Å². The molecule has 0 aliphatic rings. The van der Waals surface area contributed by atoms with E-state index in [2.05, 4.69) is 11.9 Å². The molecule has 0 aliphatic carbocycles. The molecule has 0 spiro atoms. The van der Waals surface area contributed by atoms with Gasteiger partial charge in [0.15, 0.2) is 0 Å². The van der Waals surface area contributed by atoms with Gasteiger partial charge in [0, 0.05) is 6.54 Å². The van der Waals surface area contributed by atoms with Gasteiger partial charge in [0.2, 0.25) is 0 Å². The molecule has 13 heavy (non-hydrogen) atoms. The fourth-order valence-corrected chi connectivity index (χ4v) is 1.08. The van der Waals surface area contributed by atoms with Crippen molar-refractivity contribution in [3.05, 3.63) is 42.5 Å². The van der Waals surface area contributed by atoms with Gasteiger partial charge in [0.05, 0.1) is 4.99 Å². The van der Waals surface area contributed by atoms with Crippen LogP contribution in [0.2, 0.25) is 0 Å². The fourth-order valence-electron chi connectivity index (χ4n) is 1.01. The Labute approximate surface area is 84.5 Å². The van der Waals surface area contributed by atoms with E-state index >= 15 is 0 Å². The second-order valence-electron chi connectivity index (χ2n) is 2.88. The van der Waals surface area contributed by atoms with E-state index in [-0.39, 0.29) is 0 Å². The molecule has 68 valence electrons. The van der Waals surface area contributed by atoms with E-state index in [9.17, 15) is 0 Å². The SMILES string of the molecule is C=C(CNC(C)=S)c1ccccc1. The average molecular weight is 191 g/mol. The smallest absolute Gasteiger partial charge is 0.0724 e. The summed E-state index contributed by atoms with van der Waals surface area (Å²) < 4.78 is 0. The molecule has 1 rings (SSSR count). The molecule has 2 heteroatoms. The largest absolute Gasteiger partial charge is 0.376 e. The molecule has 1 aromatic carbocycles. The molecule has 0 aliphatic heterocycles. The van der Waals surface area contributed by atoms with Crippen molar-refractivity contribution in [2.24, 2.45) is 0 Å². The third-order valence-electron chi connectivity index (χ3n) is 1.73. The highest BCUT2D eigenvalue weighted by atomic mass is 32.1. The van der Waals surface area contributed by atoms with Gasteiger partial charge in [-0.25, -0.2) is 0 Å². The zero-order chi connectivity index (χ0) is 9.68. The van der Waals surface area contributed by atoms with Crippen LogP contribution in [0.4, 0.5) is 0 Å². The number of nitrogens with one attached hydrogen (secondary N) is 1. The van der Waals surface area contributed by atoms with Crippen LogP contribution in [0.3, 0.4) is 0 Å². The maximum absolute atomic E-state index is 4.91. The fraction of sp³-hybridized carbons (Fsp3) is 0.182. The monoisotopic (exact) mass is 191 g/mol. The molecule has 0 radical (unpaired) electrons. The Balaban J connectivity index is 2.54. The summed E-state index contributed by atoms with van der Waals surface area (Å²) in [6.07, 6.45) is 0. The van der Waals surface area contributed by atoms with Crippen molar-refractivity contribution in [2.45, 2.75) is 6.92 Å². The van der Waals surface area contributed by atoms with Gasteiger partial charge in [-0.2, -0.15) is 0 Å². The summed E-state index contributed by atoms with van der Waals surface area (Å²) in [6, 6.07) is 10.1. The second kappa shape index (κ2) is 4.77. The van der Waals surface area contributed by atoms with Gasteiger partial charge in [-0.1, -0.05) is 49.1 Å². The molecule has 0 fully saturated rings. The standard InChI is InChI=1S/C11H13NS/c1-9(8-12-10(2)13)11-6-4-3-5-7-11/h3-7H,1,8H2,2H3,(H,12,13). The van der Waals surface area contributed by atoms with Gasteiger partial charge in [0.1, 0.15) is 0 Å². The van der Waals surface area contributed by atoms with Crippen molar-refractivity contribution in [2.75, 3.05) is 6.54 Å². The van der Waals surface area contributed by atoms with Crippen molar-refractivity contribution >= 4 is 22.8 Å². The first kappa shape index (κ1) is 9.93. The van der Waals surface area contributed by atoms with Crippen LogP contribution in [0.5, 0.6) is 0 Å². The molecular formula is C11H13NS. The molecule has 1 nitrogen and oxygen atoms in total. The zero-order valence-corrected chi connectivity index (χ0v) is 8.53. The van der Waals surface area contributed by atoms with Crippen LogP contribution in [0.15, 0.2) is 36.9 Å². The van der Waals surface area contributed by atoms with Crippen molar-refractivity contribution in [3.63, 3.8) is 0 Å². The molecule has 0 saturated carbocycles. The predicted molar refractivity (Wildman–Crippen MR) is 61.8 cm³/mol. The number of hydrogen-bond donors (Lipinski definition) is 1. The highest BCUT2D eigenvalue weighted by Crippen LogP contribution is 2.09. The average Bonchev–Trinajstić information content (AvgIpc) is 2.15. The van der Waals surface area contributed by atoms with Gasteiger partial charge in [0.25, 0.3) is 0 Å². The van der Waals surface area contributed by atoms with E-state index < -0.39 is 0 Å². The van der Waals surface area contributed by atoms with Crippen molar-refractivity contribution < 1.29 is 0 Å². The minimum absolute atomic E-state index is 0.722. The van der Waals surface area contributed by atoms with Crippen molar-refractivity contribution in [1.82, 2.24) is 5.32 Å². The minimum Gasteiger partial charge on any atom is -0.376 e. The summed E-state index contributed by atoms with van der Waals surface area (Å²) in [5, 5.41) is 3.08. The van der Waals surface area contributed by atoms with E-state index in [0.29, 0.717) is 0 Å². The normalized spacial score (nSPS) is 9.31. The van der Waals surface area contributed by atoms with Gasteiger partial charge >= 0.3 is 0 Å². The molecule has 0 unspecified atom stereocenters. The van der Waals surface area contributed by atoms with E-state index in [1.807, 2.05) is 37.3 Å². The van der Waals surface area contributed by atoms with Crippen LogP contribution < -0.4 is 5.32 Å². The first-order valence-electron chi connectivity index (χ1n) is 4.18. The number of benzene rings is 1. The van der Waals surface area contributed by atoms with Crippen molar-refractivity contribution in [3.8, 4) is 0 Å². The Morgan fingerprint density at radius 3 is 2.54 bits per heavy atom. The van der Waals surface area contributed by atoms with E-state index in [1.54, 1.807) is 0 Å². The third kappa shape index (κ3) is 3.38. The summed E-state index contributed by atoms with van der Waals surface area (Å²) in [6.45, 7) is 6.56. The molecular weight excluding hydrogens is 178 g/mol. The summed E-state index contributed by atoms with van der Waals surface area (Å²) in [7, 11) is 0. The lowest BCUT2D eigenvalue weighted by Crippen LogP contribution is -2.19. The predicted octanol–water partition coefficient (Wildman–Crippen LogP) is 2.64. The first-order valence-corrected chi connectivity index (χ1v) is 4.58. The number of hydrogen-bond acceptors (Lipinski definition) is 1. The zero-order valence-electron chi connectivity index (χ0n) is 7.71. The molecule has 0 heterocycles. The third-order valence-corrected chi connectivity index (χ3v) is 1.88. The van der Waals surface area contributed by atoms with E-state index in [4.69, 9.17) is 12.2 Å². The van der Waals surface area contributed by atoms with E-state index in [0.717, 1.165) is 22.7 Å². The molecule has 0 saturated heterocycles. The Bertz CT molecular complexity index is 303. The van der Waals surface area contributed by atoms with Gasteiger partial charge in [-0.05, 0) is 18.1 Å². The minimum atomic E-state index is 0.722. The van der Waals surface area contributed by atoms with Crippen LogP contribution in [0.1, 0.15) is 12.5 Å². The van der Waals surface area contributed by atoms with E-state index in [1.165, 1.54) is 0 Å². The first-order chi connectivity index (χ1) is 6.20. The van der Waals surface area contributed by atoms with Gasteiger partial charge < -0.3 is 5.32 Å². The Kier molecular flexibility index (Phi) is 3.65. The molecule has 0 aromatic heterocycles.